The molecule has 0 aliphatic rings. The van der Waals surface area contributed by atoms with E-state index in [0.29, 0.717) is 11.3 Å². The number of amides is 1. The van der Waals surface area contributed by atoms with Crippen molar-refractivity contribution in [2.24, 2.45) is 0 Å². The zero-order valence-corrected chi connectivity index (χ0v) is 13.9. The molecule has 0 saturated heterocycles. The minimum Gasteiger partial charge on any atom is -0.370 e. The molecule has 3 aromatic rings. The molecule has 0 fully saturated rings. The number of benzene rings is 3. The van der Waals surface area contributed by atoms with Crippen LogP contribution in [0, 0.1) is 5.82 Å². The van der Waals surface area contributed by atoms with Gasteiger partial charge in [0.05, 0.1) is 0 Å². The van der Waals surface area contributed by atoms with Gasteiger partial charge in [0.25, 0.3) is 5.91 Å². The van der Waals surface area contributed by atoms with E-state index in [-0.39, 0.29) is 5.91 Å². The van der Waals surface area contributed by atoms with Crippen LogP contribution in [-0.2, 0) is 6.54 Å². The van der Waals surface area contributed by atoms with Gasteiger partial charge >= 0.3 is 0 Å². The molecule has 0 spiro atoms. The monoisotopic (exact) mass is 334 g/mol. The topological polar surface area (TPSA) is 32.3 Å². The standard InChI is InChI=1S/C21H19FN2O/c1-24(15-16-6-3-2-4-7-16)20-12-10-19(11-13-20)23-21(25)17-8-5-9-18(22)14-17/h2-14H,15H2,1H3,(H,23,25). The number of anilines is 2. The van der Waals surface area contributed by atoms with Gasteiger partial charge in [0.2, 0.25) is 0 Å². The van der Waals surface area contributed by atoms with Crippen molar-refractivity contribution >= 4 is 17.3 Å². The van der Waals surface area contributed by atoms with Gasteiger partial charge in [-0.25, -0.2) is 4.39 Å². The van der Waals surface area contributed by atoms with Crippen molar-refractivity contribution in [1.29, 1.82) is 0 Å². The van der Waals surface area contributed by atoms with Crippen molar-refractivity contribution in [2.45, 2.75) is 6.54 Å². The van der Waals surface area contributed by atoms with Crippen LogP contribution in [0.4, 0.5) is 15.8 Å². The second kappa shape index (κ2) is 7.62. The van der Waals surface area contributed by atoms with E-state index in [1.165, 1.54) is 23.8 Å². The summed E-state index contributed by atoms with van der Waals surface area (Å²) in [6.45, 7) is 0.801. The van der Waals surface area contributed by atoms with Crippen molar-refractivity contribution in [1.82, 2.24) is 0 Å². The number of hydrogen-bond acceptors (Lipinski definition) is 2. The Hall–Kier alpha value is -3.14. The zero-order chi connectivity index (χ0) is 17.6. The molecule has 0 bridgehead atoms. The Morgan fingerprint density at radius 1 is 0.960 bits per heavy atom. The van der Waals surface area contributed by atoms with Crippen molar-refractivity contribution in [3.63, 3.8) is 0 Å². The highest BCUT2D eigenvalue weighted by Crippen LogP contribution is 2.19. The maximum atomic E-state index is 13.2. The van der Waals surface area contributed by atoms with Gasteiger partial charge in [-0.05, 0) is 48.0 Å². The molecule has 25 heavy (non-hydrogen) atoms. The number of carbonyl (C=O) groups excluding carboxylic acids is 1. The summed E-state index contributed by atoms with van der Waals surface area (Å²) in [7, 11) is 2.02. The summed E-state index contributed by atoms with van der Waals surface area (Å²) in [6.07, 6.45) is 0. The van der Waals surface area contributed by atoms with Gasteiger partial charge in [-0.1, -0.05) is 36.4 Å². The van der Waals surface area contributed by atoms with E-state index in [1.54, 1.807) is 6.07 Å². The van der Waals surface area contributed by atoms with E-state index >= 15 is 0 Å². The highest BCUT2D eigenvalue weighted by atomic mass is 19.1. The Bertz CT molecular complexity index is 847. The Labute approximate surface area is 146 Å². The van der Waals surface area contributed by atoms with Gasteiger partial charge < -0.3 is 10.2 Å². The van der Waals surface area contributed by atoms with Crippen molar-refractivity contribution in [3.05, 3.63) is 95.8 Å². The van der Waals surface area contributed by atoms with Crippen LogP contribution in [0.3, 0.4) is 0 Å². The molecular formula is C21H19FN2O. The smallest absolute Gasteiger partial charge is 0.255 e. The first kappa shape index (κ1) is 16.7. The molecule has 3 rings (SSSR count). The average molecular weight is 334 g/mol. The molecule has 0 unspecified atom stereocenters. The number of halogens is 1. The fraction of sp³-hybridized carbons (Fsp3) is 0.0952. The zero-order valence-electron chi connectivity index (χ0n) is 13.9. The summed E-state index contributed by atoms with van der Waals surface area (Å²) >= 11 is 0. The largest absolute Gasteiger partial charge is 0.370 e. The lowest BCUT2D eigenvalue weighted by Gasteiger charge is -2.19. The van der Waals surface area contributed by atoms with Crippen LogP contribution in [0.2, 0.25) is 0 Å². The van der Waals surface area contributed by atoms with Crippen LogP contribution in [0.5, 0.6) is 0 Å². The lowest BCUT2D eigenvalue weighted by Crippen LogP contribution is -2.16. The Morgan fingerprint density at radius 2 is 1.68 bits per heavy atom. The second-order valence-corrected chi connectivity index (χ2v) is 5.85. The highest BCUT2D eigenvalue weighted by Gasteiger charge is 2.08. The molecule has 0 aromatic heterocycles. The van der Waals surface area contributed by atoms with E-state index < -0.39 is 5.82 Å². The van der Waals surface area contributed by atoms with Gasteiger partial charge in [0.15, 0.2) is 0 Å². The average Bonchev–Trinajstić information content (AvgIpc) is 2.63. The fourth-order valence-electron chi connectivity index (χ4n) is 2.58. The summed E-state index contributed by atoms with van der Waals surface area (Å²) in [5.74, 6) is -0.754. The number of hydrogen-bond donors (Lipinski definition) is 1. The third-order valence-electron chi connectivity index (χ3n) is 3.92. The van der Waals surface area contributed by atoms with Gasteiger partial charge in [0, 0.05) is 30.5 Å². The molecule has 0 radical (unpaired) electrons. The molecule has 0 atom stereocenters. The van der Waals surface area contributed by atoms with Gasteiger partial charge in [-0.3, -0.25) is 4.79 Å². The molecule has 126 valence electrons. The lowest BCUT2D eigenvalue weighted by atomic mass is 10.2. The third kappa shape index (κ3) is 4.44. The summed E-state index contributed by atoms with van der Waals surface area (Å²) in [4.78, 5) is 14.3. The fourth-order valence-corrected chi connectivity index (χ4v) is 2.58. The number of carbonyl (C=O) groups is 1. The van der Waals surface area contributed by atoms with Crippen LogP contribution in [0.15, 0.2) is 78.9 Å². The quantitative estimate of drug-likeness (QED) is 0.732. The van der Waals surface area contributed by atoms with Gasteiger partial charge in [-0.2, -0.15) is 0 Å². The lowest BCUT2D eigenvalue weighted by molar-refractivity contribution is 0.102. The molecule has 0 aliphatic heterocycles. The van der Waals surface area contributed by atoms with Crippen LogP contribution in [0.1, 0.15) is 15.9 Å². The van der Waals surface area contributed by atoms with E-state index in [9.17, 15) is 9.18 Å². The Kier molecular flexibility index (Phi) is 5.09. The SMILES string of the molecule is CN(Cc1ccccc1)c1ccc(NC(=O)c2cccc(F)c2)cc1. The first-order chi connectivity index (χ1) is 12.1. The summed E-state index contributed by atoms with van der Waals surface area (Å²) in [5.41, 5.74) is 3.25. The number of nitrogens with zero attached hydrogens (tertiary/aromatic N) is 1. The molecule has 3 nitrogen and oxygen atoms in total. The predicted molar refractivity (Wildman–Crippen MR) is 99.3 cm³/mol. The summed E-state index contributed by atoms with van der Waals surface area (Å²) in [6, 6.07) is 23.4. The third-order valence-corrected chi connectivity index (χ3v) is 3.92. The molecular weight excluding hydrogens is 315 g/mol. The molecule has 0 heterocycles. The molecule has 4 heteroatoms. The molecule has 1 N–H and O–H groups in total. The normalized spacial score (nSPS) is 10.3. The summed E-state index contributed by atoms with van der Waals surface area (Å²) in [5, 5.41) is 2.78. The maximum absolute atomic E-state index is 13.2. The predicted octanol–water partition coefficient (Wildman–Crippen LogP) is 4.71. The minimum atomic E-state index is -0.425. The van der Waals surface area contributed by atoms with Crippen LogP contribution >= 0.6 is 0 Å². The van der Waals surface area contributed by atoms with Crippen LogP contribution in [-0.4, -0.2) is 13.0 Å². The maximum Gasteiger partial charge on any atom is 0.255 e. The van der Waals surface area contributed by atoms with E-state index in [0.717, 1.165) is 12.2 Å². The van der Waals surface area contributed by atoms with Crippen LogP contribution in [0.25, 0.3) is 0 Å². The first-order valence-corrected chi connectivity index (χ1v) is 8.04. The van der Waals surface area contributed by atoms with E-state index in [2.05, 4.69) is 22.3 Å². The summed E-state index contributed by atoms with van der Waals surface area (Å²) < 4.78 is 13.2. The Balaban J connectivity index is 1.64. The van der Waals surface area contributed by atoms with E-state index in [4.69, 9.17) is 0 Å². The number of rotatable bonds is 5. The Morgan fingerprint density at radius 3 is 2.36 bits per heavy atom. The molecule has 0 saturated carbocycles. The van der Waals surface area contributed by atoms with Crippen LogP contribution < -0.4 is 10.2 Å². The first-order valence-electron chi connectivity index (χ1n) is 8.04. The van der Waals surface area contributed by atoms with Gasteiger partial charge in [-0.15, -0.1) is 0 Å². The van der Waals surface area contributed by atoms with E-state index in [1.807, 2.05) is 49.5 Å². The highest BCUT2D eigenvalue weighted by molar-refractivity contribution is 6.04. The molecule has 1 amide bonds. The molecule has 3 aromatic carbocycles. The number of nitrogens with one attached hydrogen (secondary N) is 1. The second-order valence-electron chi connectivity index (χ2n) is 5.85. The van der Waals surface area contributed by atoms with Crippen molar-refractivity contribution < 1.29 is 9.18 Å². The molecule has 0 aliphatic carbocycles. The van der Waals surface area contributed by atoms with Crippen molar-refractivity contribution in [2.75, 3.05) is 17.3 Å². The van der Waals surface area contributed by atoms with Crippen molar-refractivity contribution in [3.8, 4) is 0 Å². The van der Waals surface area contributed by atoms with Gasteiger partial charge in [0.1, 0.15) is 5.82 Å². The minimum absolute atomic E-state index is 0.297.